The van der Waals surface area contributed by atoms with Crippen LogP contribution in [0.3, 0.4) is 0 Å². The van der Waals surface area contributed by atoms with Gasteiger partial charge in [0.1, 0.15) is 11.3 Å². The van der Waals surface area contributed by atoms with Crippen LogP contribution < -0.4 is 15.0 Å². The van der Waals surface area contributed by atoms with Crippen molar-refractivity contribution in [2.24, 2.45) is 0 Å². The number of amides is 4. The van der Waals surface area contributed by atoms with Crippen LogP contribution in [0.25, 0.3) is 11.8 Å². The maximum Gasteiger partial charge on any atom is 0.336 e. The molecule has 0 atom stereocenters. The molecule has 1 fully saturated rings. The minimum atomic E-state index is -0.817. The number of anilines is 1. The second kappa shape index (κ2) is 8.61. The van der Waals surface area contributed by atoms with E-state index in [1.807, 2.05) is 41.1 Å². The lowest BCUT2D eigenvalue weighted by molar-refractivity contribution is -0.122. The van der Waals surface area contributed by atoms with Gasteiger partial charge < -0.3 is 9.30 Å². The average Bonchev–Trinajstić information content (AvgIpc) is 3.21. The first kappa shape index (κ1) is 20.6. The molecule has 31 heavy (non-hydrogen) atoms. The summed E-state index contributed by atoms with van der Waals surface area (Å²) in [6.45, 7) is 2.17. The summed E-state index contributed by atoms with van der Waals surface area (Å²) in [6, 6.07) is 17.1. The Hall–Kier alpha value is -3.65. The van der Waals surface area contributed by atoms with Crippen LogP contribution in [0.1, 0.15) is 12.6 Å². The molecule has 156 valence electrons. The molecule has 0 radical (unpaired) electrons. The molecule has 1 N–H and O–H groups in total. The minimum absolute atomic E-state index is 0.150. The molecule has 3 aromatic rings. The van der Waals surface area contributed by atoms with Crippen molar-refractivity contribution < 1.29 is 19.1 Å². The van der Waals surface area contributed by atoms with Crippen molar-refractivity contribution in [3.05, 3.63) is 82.6 Å². The molecule has 2 heterocycles. The number of ether oxygens (including phenoxy) is 1. The summed E-state index contributed by atoms with van der Waals surface area (Å²) < 4.78 is 8.33. The number of carbonyl (C=O) groups is 3. The number of carbonyl (C=O) groups excluding carboxylic acids is 3. The van der Waals surface area contributed by atoms with Crippen molar-refractivity contribution in [1.29, 1.82) is 0 Å². The fourth-order valence-corrected chi connectivity index (χ4v) is 3.56. The molecule has 0 unspecified atom stereocenters. The fraction of sp³-hybridized carbons (Fsp3) is 0.0870. The SMILES string of the molecule is CCOc1ccccc1N1C(=O)NC(=O)/C(=C\c2cccn2-c2ccc(Br)cc2)C1=O. The maximum absolute atomic E-state index is 13.2. The third-order valence-corrected chi connectivity index (χ3v) is 5.21. The molecule has 8 heteroatoms. The van der Waals surface area contributed by atoms with E-state index in [9.17, 15) is 14.4 Å². The van der Waals surface area contributed by atoms with Gasteiger partial charge in [0.15, 0.2) is 0 Å². The van der Waals surface area contributed by atoms with Gasteiger partial charge in [-0.3, -0.25) is 14.9 Å². The number of nitrogens with one attached hydrogen (secondary N) is 1. The van der Waals surface area contributed by atoms with E-state index in [-0.39, 0.29) is 11.3 Å². The number of halogens is 1. The van der Waals surface area contributed by atoms with E-state index in [2.05, 4.69) is 21.2 Å². The van der Waals surface area contributed by atoms with Crippen LogP contribution in [0.2, 0.25) is 0 Å². The molecular weight excluding hydrogens is 462 g/mol. The smallest absolute Gasteiger partial charge is 0.336 e. The van der Waals surface area contributed by atoms with Crippen LogP contribution in [0.15, 0.2) is 76.9 Å². The maximum atomic E-state index is 13.2. The van der Waals surface area contributed by atoms with Gasteiger partial charge in [-0.1, -0.05) is 28.1 Å². The third-order valence-electron chi connectivity index (χ3n) is 4.68. The quantitative estimate of drug-likeness (QED) is 0.436. The highest BCUT2D eigenvalue weighted by atomic mass is 79.9. The fourth-order valence-electron chi connectivity index (χ4n) is 3.29. The summed E-state index contributed by atoms with van der Waals surface area (Å²) in [6.07, 6.45) is 3.30. The zero-order valence-electron chi connectivity index (χ0n) is 16.5. The monoisotopic (exact) mass is 479 g/mol. The van der Waals surface area contributed by atoms with Crippen LogP contribution in [-0.4, -0.2) is 29.0 Å². The van der Waals surface area contributed by atoms with Gasteiger partial charge in [-0.2, -0.15) is 0 Å². The molecular formula is C23H18BrN3O4. The Morgan fingerprint density at radius 1 is 1.00 bits per heavy atom. The Morgan fingerprint density at radius 2 is 1.74 bits per heavy atom. The van der Waals surface area contributed by atoms with Crippen LogP contribution in [0.5, 0.6) is 5.75 Å². The number of hydrogen-bond acceptors (Lipinski definition) is 4. The van der Waals surface area contributed by atoms with Crippen molar-refractivity contribution in [3.8, 4) is 11.4 Å². The highest BCUT2D eigenvalue weighted by Gasteiger charge is 2.38. The summed E-state index contributed by atoms with van der Waals surface area (Å²) in [5.74, 6) is -1.09. The lowest BCUT2D eigenvalue weighted by Crippen LogP contribution is -2.54. The van der Waals surface area contributed by atoms with E-state index in [4.69, 9.17) is 4.74 Å². The summed E-state index contributed by atoms with van der Waals surface area (Å²) in [5, 5.41) is 2.24. The normalized spacial score (nSPS) is 15.4. The zero-order chi connectivity index (χ0) is 22.0. The van der Waals surface area contributed by atoms with E-state index in [0.29, 0.717) is 18.1 Å². The highest BCUT2D eigenvalue weighted by molar-refractivity contribution is 9.10. The number of hydrogen-bond donors (Lipinski definition) is 1. The van der Waals surface area contributed by atoms with Crippen LogP contribution in [0, 0.1) is 0 Å². The first-order chi connectivity index (χ1) is 15.0. The van der Waals surface area contributed by atoms with Crippen molar-refractivity contribution in [2.45, 2.75) is 6.92 Å². The van der Waals surface area contributed by atoms with E-state index in [0.717, 1.165) is 15.1 Å². The lowest BCUT2D eigenvalue weighted by Gasteiger charge is -2.27. The van der Waals surface area contributed by atoms with Gasteiger partial charge in [-0.05, 0) is 61.5 Å². The average molecular weight is 480 g/mol. The minimum Gasteiger partial charge on any atom is -0.492 e. The molecule has 0 bridgehead atoms. The predicted molar refractivity (Wildman–Crippen MR) is 120 cm³/mol. The van der Waals surface area contributed by atoms with Gasteiger partial charge in [-0.25, -0.2) is 9.69 Å². The Balaban J connectivity index is 1.75. The molecule has 1 aromatic heterocycles. The van der Waals surface area contributed by atoms with Gasteiger partial charge in [0.25, 0.3) is 11.8 Å². The van der Waals surface area contributed by atoms with Gasteiger partial charge >= 0.3 is 6.03 Å². The second-order valence-electron chi connectivity index (χ2n) is 6.64. The number of nitrogens with zero attached hydrogens (tertiary/aromatic N) is 2. The number of benzene rings is 2. The summed E-state index contributed by atoms with van der Waals surface area (Å²) in [7, 11) is 0. The molecule has 2 aromatic carbocycles. The van der Waals surface area contributed by atoms with Crippen molar-refractivity contribution >= 4 is 45.5 Å². The lowest BCUT2D eigenvalue weighted by atomic mass is 10.1. The van der Waals surface area contributed by atoms with E-state index >= 15 is 0 Å². The van der Waals surface area contributed by atoms with Gasteiger partial charge in [-0.15, -0.1) is 0 Å². The number of aromatic nitrogens is 1. The van der Waals surface area contributed by atoms with Gasteiger partial charge in [0.2, 0.25) is 0 Å². The second-order valence-corrected chi connectivity index (χ2v) is 7.55. The molecule has 1 aliphatic heterocycles. The van der Waals surface area contributed by atoms with E-state index in [1.54, 1.807) is 37.3 Å². The van der Waals surface area contributed by atoms with Gasteiger partial charge in [0, 0.05) is 22.1 Å². The molecule has 7 nitrogen and oxygen atoms in total. The molecule has 4 rings (SSSR count). The summed E-state index contributed by atoms with van der Waals surface area (Å²) in [5.41, 5.74) is 1.60. The molecule has 0 spiro atoms. The van der Waals surface area contributed by atoms with Crippen molar-refractivity contribution in [3.63, 3.8) is 0 Å². The Bertz CT molecular complexity index is 1200. The first-order valence-electron chi connectivity index (χ1n) is 9.56. The van der Waals surface area contributed by atoms with E-state index < -0.39 is 17.8 Å². The zero-order valence-corrected chi connectivity index (χ0v) is 18.1. The third kappa shape index (κ3) is 4.02. The Kier molecular flexibility index (Phi) is 5.73. The number of para-hydroxylation sites is 2. The van der Waals surface area contributed by atoms with Crippen LogP contribution >= 0.6 is 15.9 Å². The summed E-state index contributed by atoms with van der Waals surface area (Å²) >= 11 is 3.41. The van der Waals surface area contributed by atoms with Crippen LogP contribution in [-0.2, 0) is 9.59 Å². The van der Waals surface area contributed by atoms with Crippen LogP contribution in [0.4, 0.5) is 10.5 Å². The summed E-state index contributed by atoms with van der Waals surface area (Å²) in [4.78, 5) is 39.2. The predicted octanol–water partition coefficient (Wildman–Crippen LogP) is 4.30. The number of rotatable bonds is 5. The molecule has 1 saturated heterocycles. The van der Waals surface area contributed by atoms with Crippen molar-refractivity contribution in [2.75, 3.05) is 11.5 Å². The molecule has 1 aliphatic rings. The highest BCUT2D eigenvalue weighted by Crippen LogP contribution is 2.31. The van der Waals surface area contributed by atoms with Gasteiger partial charge in [0.05, 0.1) is 12.3 Å². The molecule has 4 amide bonds. The first-order valence-corrected chi connectivity index (χ1v) is 10.4. The standard InChI is InChI=1S/C23H18BrN3O4/c1-2-31-20-8-4-3-7-19(20)27-22(29)18(21(28)25-23(27)30)14-17-6-5-13-26(17)16-11-9-15(24)10-12-16/h3-14H,2H2,1H3,(H,25,28,30)/b18-14+. The molecule has 0 saturated carbocycles. The Labute approximate surface area is 187 Å². The largest absolute Gasteiger partial charge is 0.492 e. The Morgan fingerprint density at radius 3 is 2.48 bits per heavy atom. The number of imide groups is 2. The van der Waals surface area contributed by atoms with Crippen molar-refractivity contribution in [1.82, 2.24) is 9.88 Å². The number of urea groups is 1. The molecule has 0 aliphatic carbocycles. The topological polar surface area (TPSA) is 80.6 Å². The van der Waals surface area contributed by atoms with E-state index in [1.165, 1.54) is 6.08 Å². The number of barbiturate groups is 1.